The van der Waals surface area contributed by atoms with Crippen LogP contribution in [0.5, 0.6) is 11.5 Å². The highest BCUT2D eigenvalue weighted by Gasteiger charge is 2.18. The summed E-state index contributed by atoms with van der Waals surface area (Å²) < 4.78 is 16.7. The lowest BCUT2D eigenvalue weighted by Crippen LogP contribution is -2.38. The van der Waals surface area contributed by atoms with Gasteiger partial charge in [-0.1, -0.05) is 30.3 Å². The molecule has 2 amide bonds. The third-order valence-corrected chi connectivity index (χ3v) is 5.47. The molecule has 2 aromatic carbocycles. The second-order valence-electron chi connectivity index (χ2n) is 7.98. The van der Waals surface area contributed by atoms with Gasteiger partial charge in [-0.15, -0.1) is 0 Å². The number of nitrogens with one attached hydrogen (secondary N) is 2. The zero-order valence-corrected chi connectivity index (χ0v) is 19.1. The number of para-hydroxylation sites is 1. The van der Waals surface area contributed by atoms with Crippen molar-refractivity contribution in [1.82, 2.24) is 15.5 Å². The number of rotatable bonds is 12. The zero-order chi connectivity index (χ0) is 23.3. The van der Waals surface area contributed by atoms with Crippen LogP contribution < -0.4 is 20.1 Å². The first kappa shape index (κ1) is 24.5. The Morgan fingerprint density at radius 3 is 2.52 bits per heavy atom. The molecule has 178 valence electrons. The Morgan fingerprint density at radius 1 is 0.970 bits per heavy atom. The van der Waals surface area contributed by atoms with Crippen LogP contribution in [-0.2, 0) is 20.9 Å². The van der Waals surface area contributed by atoms with E-state index in [9.17, 15) is 9.59 Å². The van der Waals surface area contributed by atoms with Crippen LogP contribution >= 0.6 is 0 Å². The Bertz CT molecular complexity index is 871. The Hall–Kier alpha value is -3.10. The minimum Gasteiger partial charge on any atom is -0.492 e. The van der Waals surface area contributed by atoms with Gasteiger partial charge >= 0.3 is 0 Å². The number of hydrogen-bond acceptors (Lipinski definition) is 6. The molecule has 0 saturated carbocycles. The van der Waals surface area contributed by atoms with Crippen LogP contribution in [0.2, 0.25) is 0 Å². The van der Waals surface area contributed by atoms with Gasteiger partial charge in [0.25, 0.3) is 5.91 Å². The third-order valence-electron chi connectivity index (χ3n) is 5.47. The minimum absolute atomic E-state index is 0.105. The van der Waals surface area contributed by atoms with Gasteiger partial charge in [-0.25, -0.2) is 0 Å². The summed E-state index contributed by atoms with van der Waals surface area (Å²) in [6.07, 6.45) is 2.12. The second-order valence-corrected chi connectivity index (χ2v) is 7.98. The van der Waals surface area contributed by atoms with E-state index >= 15 is 0 Å². The molecule has 0 atom stereocenters. The SMILES string of the molecule is CN(CCOc1cccc(CNC(=O)CNC(=O)COc2ccccc2)c1)C1CCOCC1. The number of likely N-dealkylation sites (N-methyl/N-ethyl adjacent to an activating group) is 1. The van der Waals surface area contributed by atoms with Gasteiger partial charge in [-0.05, 0) is 49.7 Å². The summed E-state index contributed by atoms with van der Waals surface area (Å²) in [5.74, 6) is 0.755. The summed E-state index contributed by atoms with van der Waals surface area (Å²) in [7, 11) is 2.12. The molecular weight excluding hydrogens is 422 g/mol. The number of carbonyl (C=O) groups excluding carboxylic acids is 2. The molecule has 0 radical (unpaired) electrons. The molecule has 3 rings (SSSR count). The van der Waals surface area contributed by atoms with Crippen molar-refractivity contribution in [3.05, 3.63) is 60.2 Å². The number of hydrogen-bond donors (Lipinski definition) is 2. The quantitative estimate of drug-likeness (QED) is 0.509. The van der Waals surface area contributed by atoms with Crippen molar-refractivity contribution in [3.8, 4) is 11.5 Å². The standard InChI is InChI=1S/C25H33N3O5/c1-28(21-10-13-31-14-11-21)12-15-32-23-9-5-6-20(16-23)17-26-24(29)18-27-25(30)19-33-22-7-3-2-4-8-22/h2-9,16,21H,10-15,17-19H2,1H3,(H,26,29)(H,27,30). The monoisotopic (exact) mass is 455 g/mol. The van der Waals surface area contributed by atoms with E-state index in [1.807, 2.05) is 42.5 Å². The predicted octanol–water partition coefficient (Wildman–Crippen LogP) is 1.99. The Kier molecular flexibility index (Phi) is 10.0. The van der Waals surface area contributed by atoms with Crippen molar-refractivity contribution < 1.29 is 23.8 Å². The van der Waals surface area contributed by atoms with Gasteiger partial charge in [0.1, 0.15) is 18.1 Å². The smallest absolute Gasteiger partial charge is 0.258 e. The highest BCUT2D eigenvalue weighted by molar-refractivity contribution is 5.85. The summed E-state index contributed by atoms with van der Waals surface area (Å²) in [5.41, 5.74) is 0.928. The molecule has 0 aromatic heterocycles. The van der Waals surface area contributed by atoms with Crippen LogP contribution in [0.3, 0.4) is 0 Å². The number of amides is 2. The molecule has 1 aliphatic rings. The van der Waals surface area contributed by atoms with Crippen LogP contribution in [0.1, 0.15) is 18.4 Å². The van der Waals surface area contributed by atoms with Crippen molar-refractivity contribution in [2.45, 2.75) is 25.4 Å². The molecule has 1 aliphatic heterocycles. The largest absolute Gasteiger partial charge is 0.492 e. The Morgan fingerprint density at radius 2 is 1.73 bits per heavy atom. The molecule has 0 bridgehead atoms. The molecule has 8 nitrogen and oxygen atoms in total. The van der Waals surface area contributed by atoms with E-state index in [-0.39, 0.29) is 25.0 Å². The van der Waals surface area contributed by atoms with E-state index in [1.54, 1.807) is 12.1 Å². The molecule has 0 spiro atoms. The molecule has 0 unspecified atom stereocenters. The summed E-state index contributed by atoms with van der Waals surface area (Å²) in [6.45, 7) is 3.21. The van der Waals surface area contributed by atoms with Gasteiger partial charge in [-0.2, -0.15) is 0 Å². The molecule has 2 N–H and O–H groups in total. The van der Waals surface area contributed by atoms with Gasteiger partial charge in [0.2, 0.25) is 5.91 Å². The van der Waals surface area contributed by atoms with Crippen molar-refractivity contribution in [1.29, 1.82) is 0 Å². The molecule has 1 fully saturated rings. The molecule has 8 heteroatoms. The topological polar surface area (TPSA) is 89.1 Å². The molecule has 0 aliphatic carbocycles. The average Bonchev–Trinajstić information content (AvgIpc) is 2.86. The van der Waals surface area contributed by atoms with E-state index in [4.69, 9.17) is 14.2 Å². The first-order valence-corrected chi connectivity index (χ1v) is 11.3. The Labute approximate surface area is 195 Å². The minimum atomic E-state index is -0.352. The van der Waals surface area contributed by atoms with Crippen molar-refractivity contribution >= 4 is 11.8 Å². The van der Waals surface area contributed by atoms with Crippen molar-refractivity contribution in [2.75, 3.05) is 46.6 Å². The van der Waals surface area contributed by atoms with E-state index < -0.39 is 0 Å². The molecule has 2 aromatic rings. The van der Waals surface area contributed by atoms with Gasteiger partial charge in [0, 0.05) is 32.3 Å². The van der Waals surface area contributed by atoms with Gasteiger partial charge in [-0.3, -0.25) is 14.5 Å². The van der Waals surface area contributed by atoms with E-state index in [2.05, 4.69) is 22.6 Å². The summed E-state index contributed by atoms with van der Waals surface area (Å²) in [6, 6.07) is 17.3. The molecule has 1 saturated heterocycles. The van der Waals surface area contributed by atoms with E-state index in [0.717, 1.165) is 43.9 Å². The van der Waals surface area contributed by atoms with Crippen LogP contribution in [-0.4, -0.2) is 69.3 Å². The molecular formula is C25H33N3O5. The van der Waals surface area contributed by atoms with Crippen molar-refractivity contribution in [3.63, 3.8) is 0 Å². The zero-order valence-electron chi connectivity index (χ0n) is 19.1. The van der Waals surface area contributed by atoms with Gasteiger partial charge < -0.3 is 24.8 Å². The lowest BCUT2D eigenvalue weighted by Gasteiger charge is -2.31. The fraction of sp³-hybridized carbons (Fsp3) is 0.440. The summed E-state index contributed by atoms with van der Waals surface area (Å²) in [4.78, 5) is 26.2. The number of carbonyl (C=O) groups is 2. The third kappa shape index (κ3) is 9.11. The summed E-state index contributed by atoms with van der Waals surface area (Å²) in [5, 5.41) is 5.36. The fourth-order valence-electron chi connectivity index (χ4n) is 3.52. The Balaban J connectivity index is 1.31. The lowest BCUT2D eigenvalue weighted by molar-refractivity contribution is -0.127. The molecule has 33 heavy (non-hydrogen) atoms. The van der Waals surface area contributed by atoms with Gasteiger partial charge in [0.05, 0.1) is 6.54 Å². The predicted molar refractivity (Wildman–Crippen MR) is 125 cm³/mol. The summed E-state index contributed by atoms with van der Waals surface area (Å²) >= 11 is 0. The van der Waals surface area contributed by atoms with Gasteiger partial charge in [0.15, 0.2) is 6.61 Å². The normalized spacial score (nSPS) is 14.0. The molecule has 1 heterocycles. The van der Waals surface area contributed by atoms with Crippen LogP contribution in [0, 0.1) is 0 Å². The maximum absolute atomic E-state index is 12.1. The van der Waals surface area contributed by atoms with E-state index in [0.29, 0.717) is 24.9 Å². The van der Waals surface area contributed by atoms with Crippen molar-refractivity contribution in [2.24, 2.45) is 0 Å². The first-order valence-electron chi connectivity index (χ1n) is 11.3. The highest BCUT2D eigenvalue weighted by atomic mass is 16.5. The fourth-order valence-corrected chi connectivity index (χ4v) is 3.52. The number of benzene rings is 2. The van der Waals surface area contributed by atoms with Crippen LogP contribution in [0.25, 0.3) is 0 Å². The first-order chi connectivity index (χ1) is 16.1. The lowest BCUT2D eigenvalue weighted by atomic mass is 10.1. The number of nitrogens with zero attached hydrogens (tertiary/aromatic N) is 1. The van der Waals surface area contributed by atoms with Crippen LogP contribution in [0.15, 0.2) is 54.6 Å². The second kappa shape index (κ2) is 13.4. The average molecular weight is 456 g/mol. The maximum Gasteiger partial charge on any atom is 0.258 e. The highest BCUT2D eigenvalue weighted by Crippen LogP contribution is 2.15. The number of ether oxygens (including phenoxy) is 3. The van der Waals surface area contributed by atoms with E-state index in [1.165, 1.54) is 0 Å². The maximum atomic E-state index is 12.1. The van der Waals surface area contributed by atoms with Crippen LogP contribution in [0.4, 0.5) is 0 Å².